The van der Waals surface area contributed by atoms with Gasteiger partial charge in [0, 0.05) is 13.0 Å². The number of urea groups is 1. The average Bonchev–Trinajstić information content (AvgIpc) is 3.05. The maximum Gasteiger partial charge on any atom is 0.325 e. The van der Waals surface area contributed by atoms with Crippen molar-refractivity contribution >= 4 is 23.8 Å². The Morgan fingerprint density at radius 2 is 2.00 bits per heavy atom. The second-order valence-corrected chi connectivity index (χ2v) is 5.64. The Morgan fingerprint density at radius 1 is 1.32 bits per heavy atom. The van der Waals surface area contributed by atoms with Crippen molar-refractivity contribution in [3.63, 3.8) is 0 Å². The SMILES string of the molecule is COC(=O)CCCNC(=O)CN1C(=O)NC2(CCCC2)C1=O. The molecule has 2 aliphatic rings. The van der Waals surface area contributed by atoms with Crippen molar-refractivity contribution in [2.45, 2.75) is 44.1 Å². The molecular weight excluding hydrogens is 290 g/mol. The summed E-state index contributed by atoms with van der Waals surface area (Å²) >= 11 is 0. The smallest absolute Gasteiger partial charge is 0.325 e. The number of nitrogens with one attached hydrogen (secondary N) is 2. The molecule has 1 aliphatic carbocycles. The molecule has 2 fully saturated rings. The highest BCUT2D eigenvalue weighted by molar-refractivity contribution is 6.09. The lowest BCUT2D eigenvalue weighted by Gasteiger charge is -2.19. The molecule has 0 bridgehead atoms. The highest BCUT2D eigenvalue weighted by Crippen LogP contribution is 2.34. The number of methoxy groups -OCH3 is 1. The summed E-state index contributed by atoms with van der Waals surface area (Å²) in [5, 5.41) is 5.31. The van der Waals surface area contributed by atoms with Crippen LogP contribution < -0.4 is 10.6 Å². The van der Waals surface area contributed by atoms with Crippen LogP contribution in [0.2, 0.25) is 0 Å². The largest absolute Gasteiger partial charge is 0.469 e. The maximum absolute atomic E-state index is 12.3. The summed E-state index contributed by atoms with van der Waals surface area (Å²) in [6.07, 6.45) is 3.73. The van der Waals surface area contributed by atoms with E-state index in [1.165, 1.54) is 7.11 Å². The van der Waals surface area contributed by atoms with Crippen molar-refractivity contribution in [1.82, 2.24) is 15.5 Å². The predicted octanol–water partition coefficient (Wildman–Crippen LogP) is -0.0796. The van der Waals surface area contributed by atoms with Gasteiger partial charge in [-0.1, -0.05) is 12.8 Å². The molecule has 4 amide bonds. The Kier molecular flexibility index (Phi) is 4.99. The molecule has 0 atom stereocenters. The molecule has 8 nitrogen and oxygen atoms in total. The summed E-state index contributed by atoms with van der Waals surface area (Å²) in [6, 6.07) is -0.503. The average molecular weight is 311 g/mol. The Labute approximate surface area is 128 Å². The monoisotopic (exact) mass is 311 g/mol. The number of hydrogen-bond donors (Lipinski definition) is 2. The lowest BCUT2D eigenvalue weighted by Crippen LogP contribution is -2.45. The number of hydrogen-bond acceptors (Lipinski definition) is 5. The molecule has 1 saturated carbocycles. The van der Waals surface area contributed by atoms with Crippen LogP contribution in [0.4, 0.5) is 4.79 Å². The molecule has 1 aliphatic heterocycles. The van der Waals surface area contributed by atoms with Gasteiger partial charge >= 0.3 is 12.0 Å². The quantitative estimate of drug-likeness (QED) is 0.405. The first-order chi connectivity index (χ1) is 10.5. The Morgan fingerprint density at radius 3 is 2.64 bits per heavy atom. The lowest BCUT2D eigenvalue weighted by atomic mass is 9.98. The van der Waals surface area contributed by atoms with Crippen molar-refractivity contribution in [3.05, 3.63) is 0 Å². The summed E-state index contributed by atoms with van der Waals surface area (Å²) in [7, 11) is 1.30. The fourth-order valence-corrected chi connectivity index (χ4v) is 2.90. The predicted molar refractivity (Wildman–Crippen MR) is 75.7 cm³/mol. The second-order valence-electron chi connectivity index (χ2n) is 5.64. The van der Waals surface area contributed by atoms with Crippen LogP contribution in [0.3, 0.4) is 0 Å². The molecule has 1 spiro atoms. The summed E-state index contributed by atoms with van der Waals surface area (Å²) in [6.45, 7) is 0.00731. The van der Waals surface area contributed by atoms with Crippen LogP contribution in [0.15, 0.2) is 0 Å². The normalized spacial score (nSPS) is 19.4. The molecule has 0 radical (unpaired) electrons. The van der Waals surface area contributed by atoms with Gasteiger partial charge in [-0.2, -0.15) is 0 Å². The molecule has 0 unspecified atom stereocenters. The molecule has 122 valence electrons. The first kappa shape index (κ1) is 16.3. The van der Waals surface area contributed by atoms with Gasteiger partial charge in [0.05, 0.1) is 7.11 Å². The minimum Gasteiger partial charge on any atom is -0.469 e. The zero-order chi connectivity index (χ0) is 16.2. The van der Waals surface area contributed by atoms with E-state index < -0.39 is 17.5 Å². The van der Waals surface area contributed by atoms with E-state index >= 15 is 0 Å². The summed E-state index contributed by atoms with van der Waals surface area (Å²) in [4.78, 5) is 47.9. The maximum atomic E-state index is 12.3. The topological polar surface area (TPSA) is 105 Å². The highest BCUT2D eigenvalue weighted by atomic mass is 16.5. The first-order valence-electron chi connectivity index (χ1n) is 7.46. The molecule has 1 heterocycles. The van der Waals surface area contributed by atoms with Crippen LogP contribution >= 0.6 is 0 Å². The summed E-state index contributed by atoms with van der Waals surface area (Å²) < 4.78 is 4.49. The molecule has 2 rings (SSSR count). The minimum absolute atomic E-state index is 0.211. The van der Waals surface area contributed by atoms with E-state index in [2.05, 4.69) is 15.4 Å². The fourth-order valence-electron chi connectivity index (χ4n) is 2.90. The Bertz CT molecular complexity index is 485. The van der Waals surface area contributed by atoms with Gasteiger partial charge in [-0.15, -0.1) is 0 Å². The van der Waals surface area contributed by atoms with E-state index in [-0.39, 0.29) is 24.8 Å². The molecular formula is C14H21N3O5. The first-order valence-corrected chi connectivity index (χ1v) is 7.46. The molecule has 2 N–H and O–H groups in total. The molecule has 0 aromatic rings. The number of imide groups is 1. The van der Waals surface area contributed by atoms with Gasteiger partial charge < -0.3 is 15.4 Å². The van der Waals surface area contributed by atoms with E-state index in [0.717, 1.165) is 17.7 Å². The third kappa shape index (κ3) is 3.37. The second kappa shape index (κ2) is 6.76. The molecule has 8 heteroatoms. The van der Waals surface area contributed by atoms with Gasteiger partial charge in [-0.05, 0) is 19.3 Å². The van der Waals surface area contributed by atoms with Crippen molar-refractivity contribution in [1.29, 1.82) is 0 Å². The number of nitrogens with zero attached hydrogens (tertiary/aromatic N) is 1. The number of carbonyl (C=O) groups excluding carboxylic acids is 4. The van der Waals surface area contributed by atoms with E-state index in [0.29, 0.717) is 25.8 Å². The van der Waals surface area contributed by atoms with Gasteiger partial charge in [0.1, 0.15) is 12.1 Å². The van der Waals surface area contributed by atoms with Crippen molar-refractivity contribution in [3.8, 4) is 0 Å². The van der Waals surface area contributed by atoms with Gasteiger partial charge in [-0.25, -0.2) is 4.79 Å². The van der Waals surface area contributed by atoms with Crippen molar-refractivity contribution in [2.24, 2.45) is 0 Å². The van der Waals surface area contributed by atoms with Crippen molar-refractivity contribution in [2.75, 3.05) is 20.2 Å². The van der Waals surface area contributed by atoms with Gasteiger partial charge in [0.25, 0.3) is 5.91 Å². The number of ether oxygens (including phenoxy) is 1. The van der Waals surface area contributed by atoms with Crippen LogP contribution in [0.1, 0.15) is 38.5 Å². The number of esters is 1. The summed E-state index contributed by atoms with van der Waals surface area (Å²) in [5.41, 5.74) is -0.789. The van der Waals surface area contributed by atoms with Crippen LogP contribution in [-0.2, 0) is 19.1 Å². The number of carbonyl (C=O) groups is 4. The van der Waals surface area contributed by atoms with Crippen LogP contribution in [0.5, 0.6) is 0 Å². The van der Waals surface area contributed by atoms with Crippen molar-refractivity contribution < 1.29 is 23.9 Å². The highest BCUT2D eigenvalue weighted by Gasteiger charge is 2.52. The van der Waals surface area contributed by atoms with Crippen LogP contribution in [0.25, 0.3) is 0 Å². The van der Waals surface area contributed by atoms with Crippen LogP contribution in [-0.4, -0.2) is 54.5 Å². The van der Waals surface area contributed by atoms with E-state index in [1.807, 2.05) is 0 Å². The van der Waals surface area contributed by atoms with Gasteiger partial charge in [-0.3, -0.25) is 19.3 Å². The zero-order valence-electron chi connectivity index (χ0n) is 12.6. The Balaban J connectivity index is 1.78. The Hall–Kier alpha value is -2.12. The standard InChI is InChI=1S/C14H21N3O5/c1-22-11(19)5-4-8-15-10(18)9-17-12(20)14(16-13(17)21)6-2-3-7-14/h2-9H2,1H3,(H,15,18)(H,16,21). The van der Waals surface area contributed by atoms with Gasteiger partial charge in [0.15, 0.2) is 0 Å². The van der Waals surface area contributed by atoms with Crippen LogP contribution in [0, 0.1) is 0 Å². The zero-order valence-corrected chi connectivity index (χ0v) is 12.6. The summed E-state index contributed by atoms with van der Waals surface area (Å²) in [5.74, 6) is -1.06. The van der Waals surface area contributed by atoms with E-state index in [9.17, 15) is 19.2 Å². The molecule has 22 heavy (non-hydrogen) atoms. The van der Waals surface area contributed by atoms with E-state index in [4.69, 9.17) is 0 Å². The number of amides is 4. The third-order valence-electron chi connectivity index (χ3n) is 4.11. The third-order valence-corrected chi connectivity index (χ3v) is 4.11. The molecule has 1 saturated heterocycles. The minimum atomic E-state index is -0.789. The number of rotatable bonds is 6. The fraction of sp³-hybridized carbons (Fsp3) is 0.714. The van der Waals surface area contributed by atoms with Gasteiger partial charge in [0.2, 0.25) is 5.91 Å². The van der Waals surface area contributed by atoms with E-state index in [1.54, 1.807) is 0 Å². The molecule has 0 aromatic carbocycles. The molecule has 0 aromatic heterocycles. The lowest BCUT2D eigenvalue weighted by molar-refractivity contribution is -0.140.